The lowest BCUT2D eigenvalue weighted by molar-refractivity contribution is 0.331. The van der Waals surface area contributed by atoms with Crippen molar-refractivity contribution in [3.05, 3.63) is 36.0 Å². The number of hydrogen-bond acceptors (Lipinski definition) is 2. The number of nitrogens with two attached hydrogens (primary N) is 1. The normalized spacial score (nSPS) is 19.5. The van der Waals surface area contributed by atoms with Crippen LogP contribution >= 0.6 is 0 Å². The van der Waals surface area contributed by atoms with Crippen LogP contribution in [0.1, 0.15) is 31.7 Å². The Kier molecular flexibility index (Phi) is 3.57. The highest BCUT2D eigenvalue weighted by molar-refractivity contribution is 6.04. The van der Waals surface area contributed by atoms with Crippen molar-refractivity contribution in [2.24, 2.45) is 0 Å². The topological polar surface area (TPSA) is 45.0 Å². The van der Waals surface area contributed by atoms with Gasteiger partial charge < -0.3 is 15.5 Å². The fraction of sp³-hybridized carbons (Fsp3) is 0.375. The molecule has 1 aliphatic carbocycles. The van der Waals surface area contributed by atoms with E-state index in [-0.39, 0.29) is 0 Å². The molecule has 2 aromatic rings. The number of aromatic amines is 1. The molecule has 1 aliphatic rings. The van der Waals surface area contributed by atoms with Gasteiger partial charge in [0.25, 0.3) is 0 Å². The average Bonchev–Trinajstić information content (AvgIpc) is 2.89. The van der Waals surface area contributed by atoms with Crippen LogP contribution in [-0.4, -0.2) is 30.4 Å². The zero-order valence-corrected chi connectivity index (χ0v) is 11.9. The maximum Gasteiger partial charge on any atom is 0.182 e. The Morgan fingerprint density at radius 2 is 2.30 bits per heavy atom. The molecule has 1 heterocycles. The Morgan fingerprint density at radius 3 is 3.00 bits per heavy atom. The minimum Gasteiger partial charge on any atom is -0.399 e. The second kappa shape index (κ2) is 5.37. The maximum absolute atomic E-state index is 6.00. The summed E-state index contributed by atoms with van der Waals surface area (Å²) in [6.07, 6.45) is 7.63. The van der Waals surface area contributed by atoms with Crippen molar-refractivity contribution in [3.63, 3.8) is 0 Å². The molecule has 1 aromatic heterocycles. The van der Waals surface area contributed by atoms with Gasteiger partial charge in [-0.25, -0.2) is 0 Å². The third-order valence-electron chi connectivity index (χ3n) is 4.27. The first-order valence-electron chi connectivity index (χ1n) is 7.26. The molecule has 0 saturated carbocycles. The molecule has 3 nitrogen and oxygen atoms in total. The molecule has 102 valence electrons. The van der Waals surface area contributed by atoms with Crippen molar-refractivity contribution < 1.29 is 0 Å². The van der Waals surface area contributed by atoms with Gasteiger partial charge in [-0.2, -0.15) is 0 Å². The molecule has 0 bridgehead atoms. The third kappa shape index (κ3) is 2.36. The van der Waals surface area contributed by atoms with E-state index in [0.29, 0.717) is 6.04 Å². The molecule has 0 fully saturated rings. The van der Waals surface area contributed by atoms with Gasteiger partial charge in [0.15, 0.2) is 7.98 Å². The highest BCUT2D eigenvalue weighted by Crippen LogP contribution is 2.33. The summed E-state index contributed by atoms with van der Waals surface area (Å²) in [5.41, 5.74) is 10.5. The number of benzene rings is 1. The minimum absolute atomic E-state index is 0.471. The molecule has 0 spiro atoms. The first-order chi connectivity index (χ1) is 9.69. The molecule has 0 saturated heterocycles. The van der Waals surface area contributed by atoms with Crippen LogP contribution in [0.25, 0.3) is 16.5 Å². The number of rotatable bonds is 3. The fourth-order valence-electron chi connectivity index (χ4n) is 3.03. The first kappa shape index (κ1) is 13.3. The van der Waals surface area contributed by atoms with Gasteiger partial charge in [-0.15, -0.1) is 0 Å². The second-order valence-electron chi connectivity index (χ2n) is 5.50. The third-order valence-corrected chi connectivity index (χ3v) is 4.27. The summed E-state index contributed by atoms with van der Waals surface area (Å²) in [5.74, 6) is 0. The van der Waals surface area contributed by atoms with Crippen LogP contribution in [-0.2, 0) is 0 Å². The number of allylic oxidation sites excluding steroid dienone is 1. The average molecular weight is 265 g/mol. The summed E-state index contributed by atoms with van der Waals surface area (Å²) in [4.78, 5) is 5.27. The second-order valence-corrected chi connectivity index (χ2v) is 5.50. The van der Waals surface area contributed by atoms with Crippen LogP contribution in [0.2, 0.25) is 0 Å². The van der Waals surface area contributed by atoms with E-state index in [0.717, 1.165) is 37.0 Å². The largest absolute Gasteiger partial charge is 0.399 e. The van der Waals surface area contributed by atoms with Gasteiger partial charge >= 0.3 is 0 Å². The monoisotopic (exact) mass is 265 g/mol. The smallest absolute Gasteiger partial charge is 0.182 e. The van der Waals surface area contributed by atoms with Crippen LogP contribution < -0.4 is 5.73 Å². The zero-order chi connectivity index (χ0) is 14.1. The van der Waals surface area contributed by atoms with Crippen LogP contribution in [0.4, 0.5) is 5.69 Å². The molecule has 1 atom stereocenters. The highest BCUT2D eigenvalue weighted by Gasteiger charge is 2.19. The SMILES string of the molecule is [B]N(CC)C1CC=C(c2c[nH]c3ccc(N)cc23)CC1. The van der Waals surface area contributed by atoms with E-state index in [4.69, 9.17) is 13.7 Å². The van der Waals surface area contributed by atoms with E-state index in [9.17, 15) is 0 Å². The fourth-order valence-corrected chi connectivity index (χ4v) is 3.03. The number of nitrogen functional groups attached to an aromatic ring is 1. The summed E-state index contributed by atoms with van der Waals surface area (Å²) in [5, 5.41) is 1.22. The van der Waals surface area contributed by atoms with E-state index < -0.39 is 0 Å². The molecule has 2 radical (unpaired) electrons. The van der Waals surface area contributed by atoms with E-state index in [1.54, 1.807) is 0 Å². The summed E-state index contributed by atoms with van der Waals surface area (Å²) >= 11 is 0. The lowest BCUT2D eigenvalue weighted by atomic mass is 9.88. The molecule has 4 heteroatoms. The molecule has 0 amide bonds. The van der Waals surface area contributed by atoms with Gasteiger partial charge in [0.1, 0.15) is 0 Å². The lowest BCUT2D eigenvalue weighted by Gasteiger charge is -2.30. The number of anilines is 1. The van der Waals surface area contributed by atoms with Gasteiger partial charge in [-0.05, 0) is 49.6 Å². The van der Waals surface area contributed by atoms with E-state index in [1.807, 2.05) is 16.9 Å². The molecule has 3 N–H and O–H groups in total. The standard InChI is InChI=1S/C16H20BN3/c1-2-20(17)13-6-3-11(4-7-13)15-10-19-16-8-5-12(18)9-14(15)16/h3,5,8-10,13,19H,2,4,6-7,18H2,1H3. The van der Waals surface area contributed by atoms with Crippen molar-refractivity contribution in [1.29, 1.82) is 0 Å². The van der Waals surface area contributed by atoms with Gasteiger partial charge in [0.2, 0.25) is 0 Å². The Balaban J connectivity index is 1.89. The Hall–Kier alpha value is -1.68. The maximum atomic E-state index is 6.00. The summed E-state index contributed by atoms with van der Waals surface area (Å²) in [7, 11) is 6.00. The van der Waals surface area contributed by atoms with Crippen LogP contribution in [0.5, 0.6) is 0 Å². The minimum atomic E-state index is 0.471. The lowest BCUT2D eigenvalue weighted by Crippen LogP contribution is -2.33. The molecular formula is C16H20BN3. The van der Waals surface area contributed by atoms with Crippen molar-refractivity contribution >= 4 is 30.1 Å². The molecule has 3 rings (SSSR count). The first-order valence-corrected chi connectivity index (χ1v) is 7.26. The molecule has 0 aliphatic heterocycles. The Labute approximate surface area is 121 Å². The zero-order valence-electron chi connectivity index (χ0n) is 11.9. The molecule has 1 aromatic carbocycles. The number of aromatic nitrogens is 1. The van der Waals surface area contributed by atoms with Gasteiger partial charge in [-0.3, -0.25) is 0 Å². The summed E-state index contributed by atoms with van der Waals surface area (Å²) < 4.78 is 0. The Bertz CT molecular complexity index is 644. The Morgan fingerprint density at radius 1 is 1.45 bits per heavy atom. The van der Waals surface area contributed by atoms with Crippen molar-refractivity contribution in [2.75, 3.05) is 12.3 Å². The highest BCUT2D eigenvalue weighted by atomic mass is 15.1. The number of nitrogens with zero attached hydrogens (tertiary/aromatic N) is 1. The van der Waals surface area contributed by atoms with E-state index in [1.165, 1.54) is 16.5 Å². The number of H-pyrrole nitrogens is 1. The van der Waals surface area contributed by atoms with E-state index >= 15 is 0 Å². The van der Waals surface area contributed by atoms with Crippen molar-refractivity contribution in [3.8, 4) is 0 Å². The van der Waals surface area contributed by atoms with Crippen molar-refractivity contribution in [2.45, 2.75) is 32.2 Å². The summed E-state index contributed by atoms with van der Waals surface area (Å²) in [6, 6.07) is 6.50. The van der Waals surface area contributed by atoms with Crippen LogP contribution in [0.15, 0.2) is 30.5 Å². The number of nitrogens with one attached hydrogen (secondary N) is 1. The quantitative estimate of drug-likeness (QED) is 0.661. The predicted octanol–water partition coefficient (Wildman–Crippen LogP) is 3.09. The molecule has 20 heavy (non-hydrogen) atoms. The number of hydrogen-bond donors (Lipinski definition) is 2. The van der Waals surface area contributed by atoms with Crippen LogP contribution in [0.3, 0.4) is 0 Å². The van der Waals surface area contributed by atoms with Gasteiger partial charge in [0.05, 0.1) is 0 Å². The molecule has 1 unspecified atom stereocenters. The molecular weight excluding hydrogens is 245 g/mol. The number of fused-ring (bicyclic) bond motifs is 1. The van der Waals surface area contributed by atoms with Crippen LogP contribution in [0, 0.1) is 0 Å². The van der Waals surface area contributed by atoms with E-state index in [2.05, 4.69) is 30.2 Å². The van der Waals surface area contributed by atoms with Gasteiger partial charge in [0, 0.05) is 34.4 Å². The van der Waals surface area contributed by atoms with Gasteiger partial charge in [-0.1, -0.05) is 13.0 Å². The summed E-state index contributed by atoms with van der Waals surface area (Å²) in [6.45, 7) is 3.00. The van der Waals surface area contributed by atoms with Crippen molar-refractivity contribution in [1.82, 2.24) is 9.79 Å². The predicted molar refractivity (Wildman–Crippen MR) is 86.5 cm³/mol.